The molecule has 0 saturated heterocycles. The van der Waals surface area contributed by atoms with E-state index >= 15 is 0 Å². The highest BCUT2D eigenvalue weighted by atomic mass is 16.5. The predicted molar refractivity (Wildman–Crippen MR) is 106 cm³/mol. The molecule has 4 rings (SSSR count). The molecule has 0 bridgehead atoms. The Labute approximate surface area is 149 Å². The van der Waals surface area contributed by atoms with E-state index < -0.39 is 5.50 Å². The Kier molecular flexibility index (Phi) is 3.70. The van der Waals surface area contributed by atoms with Crippen LogP contribution in [0.2, 0.25) is 0 Å². The minimum absolute atomic E-state index is 0.111. The van der Waals surface area contributed by atoms with Gasteiger partial charge < -0.3 is 9.47 Å². The summed E-state index contributed by atoms with van der Waals surface area (Å²) in [5.74, 6) is 1.80. The molecule has 0 amide bonds. The third kappa shape index (κ3) is 2.56. The van der Waals surface area contributed by atoms with Crippen LogP contribution in [0.15, 0.2) is 67.3 Å². The molecule has 1 heterocycles. The van der Waals surface area contributed by atoms with Crippen molar-refractivity contribution in [3.05, 3.63) is 72.8 Å². The first kappa shape index (κ1) is 16.0. The summed E-state index contributed by atoms with van der Waals surface area (Å²) < 4.78 is 12.3. The second-order valence-corrected chi connectivity index (χ2v) is 6.95. The predicted octanol–water partition coefficient (Wildman–Crippen LogP) is 5.01. The highest BCUT2D eigenvalue weighted by Gasteiger charge is 2.28. The van der Waals surface area contributed by atoms with Gasteiger partial charge in [0.05, 0.1) is 11.6 Å². The molecule has 2 nitrogen and oxygen atoms in total. The van der Waals surface area contributed by atoms with E-state index in [2.05, 4.69) is 50.8 Å². The van der Waals surface area contributed by atoms with Crippen molar-refractivity contribution in [1.29, 1.82) is 0 Å². The van der Waals surface area contributed by atoms with E-state index in [0.29, 0.717) is 0 Å². The third-order valence-corrected chi connectivity index (χ3v) is 4.80. The van der Waals surface area contributed by atoms with Crippen molar-refractivity contribution in [1.82, 2.24) is 0 Å². The van der Waals surface area contributed by atoms with Crippen molar-refractivity contribution in [2.75, 3.05) is 0 Å². The topological polar surface area (TPSA) is 18.5 Å². The van der Waals surface area contributed by atoms with E-state index in [1.807, 2.05) is 38.1 Å². The monoisotopic (exact) mass is 328 g/mol. The van der Waals surface area contributed by atoms with Crippen molar-refractivity contribution in [3.8, 4) is 22.6 Å². The van der Waals surface area contributed by atoms with Crippen LogP contribution < -0.4 is 4.74 Å². The van der Waals surface area contributed by atoms with Gasteiger partial charge in [0.25, 0.3) is 0 Å². The Balaban J connectivity index is 1.92. The Bertz CT molecular complexity index is 972. The molecule has 124 valence electrons. The Morgan fingerprint density at radius 3 is 2.52 bits per heavy atom. The molecular weight excluding hydrogens is 307 g/mol. The SMILES string of the molecule is BC(C=C)(OC(C)C)c1ccc2c(c1)-c1cccc3cccc(c13)O2. The van der Waals surface area contributed by atoms with Gasteiger partial charge in [0.1, 0.15) is 11.5 Å². The van der Waals surface area contributed by atoms with Crippen LogP contribution in [0, 0.1) is 0 Å². The van der Waals surface area contributed by atoms with Gasteiger partial charge in [-0.05, 0) is 48.6 Å². The fraction of sp³-hybridized carbons (Fsp3) is 0.182. The number of hydrogen-bond acceptors (Lipinski definition) is 2. The Morgan fingerprint density at radius 2 is 1.80 bits per heavy atom. The molecule has 0 saturated carbocycles. The van der Waals surface area contributed by atoms with Crippen LogP contribution in [0.5, 0.6) is 11.5 Å². The van der Waals surface area contributed by atoms with E-state index in [1.165, 1.54) is 16.3 Å². The maximum Gasteiger partial charge on any atom is 0.154 e. The minimum Gasteiger partial charge on any atom is -0.456 e. The molecule has 0 aliphatic carbocycles. The lowest BCUT2D eigenvalue weighted by atomic mass is 9.74. The molecule has 0 spiro atoms. The molecule has 0 radical (unpaired) electrons. The van der Waals surface area contributed by atoms with E-state index in [-0.39, 0.29) is 6.10 Å². The second kappa shape index (κ2) is 5.78. The summed E-state index contributed by atoms with van der Waals surface area (Å²) in [6.45, 7) is 8.08. The molecule has 0 fully saturated rings. The van der Waals surface area contributed by atoms with Gasteiger partial charge in [-0.25, -0.2) is 0 Å². The quantitative estimate of drug-likeness (QED) is 0.387. The third-order valence-electron chi connectivity index (χ3n) is 4.80. The molecule has 1 aliphatic rings. The highest BCUT2D eigenvalue weighted by molar-refractivity contribution is 6.16. The van der Waals surface area contributed by atoms with Crippen molar-refractivity contribution < 1.29 is 9.47 Å². The fourth-order valence-electron chi connectivity index (χ4n) is 3.60. The number of hydrogen-bond donors (Lipinski definition) is 0. The van der Waals surface area contributed by atoms with Gasteiger partial charge in [0.15, 0.2) is 7.85 Å². The number of rotatable bonds is 4. The molecule has 25 heavy (non-hydrogen) atoms. The molecule has 0 aromatic heterocycles. The van der Waals surface area contributed by atoms with Gasteiger partial charge in [-0.15, -0.1) is 6.58 Å². The van der Waals surface area contributed by atoms with Gasteiger partial charge in [-0.2, -0.15) is 0 Å². The van der Waals surface area contributed by atoms with Crippen LogP contribution in [0.3, 0.4) is 0 Å². The van der Waals surface area contributed by atoms with E-state index in [9.17, 15) is 0 Å². The number of ether oxygens (including phenoxy) is 2. The largest absolute Gasteiger partial charge is 0.456 e. The first-order valence-corrected chi connectivity index (χ1v) is 8.68. The minimum atomic E-state index is -0.534. The molecule has 0 N–H and O–H groups in total. The molecule has 1 atom stereocenters. The zero-order valence-corrected chi connectivity index (χ0v) is 14.9. The summed E-state index contributed by atoms with van der Waals surface area (Å²) in [4.78, 5) is 0. The van der Waals surface area contributed by atoms with Gasteiger partial charge in [-0.3, -0.25) is 0 Å². The summed E-state index contributed by atoms with van der Waals surface area (Å²) in [5, 5.41) is 2.36. The van der Waals surface area contributed by atoms with Crippen molar-refractivity contribution >= 4 is 18.6 Å². The lowest BCUT2D eigenvalue weighted by molar-refractivity contribution is 0.00446. The average Bonchev–Trinajstić information content (AvgIpc) is 2.61. The molecule has 1 aliphatic heterocycles. The van der Waals surface area contributed by atoms with Crippen molar-refractivity contribution in [3.63, 3.8) is 0 Å². The van der Waals surface area contributed by atoms with Crippen molar-refractivity contribution in [2.24, 2.45) is 0 Å². The normalized spacial score (nSPS) is 14.7. The van der Waals surface area contributed by atoms with Crippen LogP contribution >= 0.6 is 0 Å². The van der Waals surface area contributed by atoms with E-state index in [4.69, 9.17) is 9.47 Å². The van der Waals surface area contributed by atoms with Crippen LogP contribution in [-0.2, 0) is 10.2 Å². The highest BCUT2D eigenvalue weighted by Crippen LogP contribution is 2.47. The van der Waals surface area contributed by atoms with Crippen LogP contribution in [-0.4, -0.2) is 14.0 Å². The maximum atomic E-state index is 6.17. The summed E-state index contributed by atoms with van der Waals surface area (Å²) in [5.41, 5.74) is 2.85. The number of fused-ring (bicyclic) bond motifs is 2. The molecule has 3 aromatic rings. The van der Waals surface area contributed by atoms with Crippen LogP contribution in [0.1, 0.15) is 19.4 Å². The summed E-state index contributed by atoms with van der Waals surface area (Å²) in [7, 11) is 2.06. The summed E-state index contributed by atoms with van der Waals surface area (Å²) >= 11 is 0. The second-order valence-electron chi connectivity index (χ2n) is 6.95. The zero-order valence-electron chi connectivity index (χ0n) is 14.9. The zero-order chi connectivity index (χ0) is 17.6. The van der Waals surface area contributed by atoms with Crippen LogP contribution in [0.4, 0.5) is 0 Å². The molecule has 3 aromatic carbocycles. The van der Waals surface area contributed by atoms with Gasteiger partial charge in [0.2, 0.25) is 0 Å². The van der Waals surface area contributed by atoms with Gasteiger partial charge >= 0.3 is 0 Å². The van der Waals surface area contributed by atoms with E-state index in [0.717, 1.165) is 22.6 Å². The van der Waals surface area contributed by atoms with Gasteiger partial charge in [0, 0.05) is 10.9 Å². The maximum absolute atomic E-state index is 6.17. The fourth-order valence-corrected chi connectivity index (χ4v) is 3.60. The lowest BCUT2D eigenvalue weighted by Gasteiger charge is -2.31. The summed E-state index contributed by atoms with van der Waals surface area (Å²) in [6.07, 6.45) is 1.98. The van der Waals surface area contributed by atoms with E-state index in [1.54, 1.807) is 0 Å². The Morgan fingerprint density at radius 1 is 1.04 bits per heavy atom. The van der Waals surface area contributed by atoms with Crippen molar-refractivity contribution in [2.45, 2.75) is 25.5 Å². The first-order valence-electron chi connectivity index (χ1n) is 8.68. The van der Waals surface area contributed by atoms with Crippen LogP contribution in [0.25, 0.3) is 21.9 Å². The number of benzene rings is 3. The molecular formula is C22H21BO2. The summed E-state index contributed by atoms with van der Waals surface area (Å²) in [6, 6.07) is 18.8. The van der Waals surface area contributed by atoms with Gasteiger partial charge in [-0.1, -0.05) is 42.5 Å². The smallest absolute Gasteiger partial charge is 0.154 e. The lowest BCUT2D eigenvalue weighted by Crippen LogP contribution is -2.30. The Hall–Kier alpha value is -2.52. The average molecular weight is 328 g/mol. The molecule has 3 heteroatoms. The molecule has 1 unspecified atom stereocenters. The first-order chi connectivity index (χ1) is 12.0. The standard InChI is InChI=1S/C22H21BO2/c1-4-22(23,25-14(2)3)16-11-12-19-18(13-16)17-9-5-7-15-8-6-10-20(24-19)21(15)17/h4-14H,1,23H2,2-3H3.